The van der Waals surface area contributed by atoms with Crippen LogP contribution in [0.25, 0.3) is 0 Å². The predicted octanol–water partition coefficient (Wildman–Crippen LogP) is 3.12. The normalized spacial score (nSPS) is 29.6. The molecule has 0 amide bonds. The summed E-state index contributed by atoms with van der Waals surface area (Å²) in [6, 6.07) is 0.718. The molecule has 0 bridgehead atoms. The lowest BCUT2D eigenvalue weighted by Crippen LogP contribution is -2.45. The second kappa shape index (κ2) is 5.01. The average molecular weight is 243 g/mol. The van der Waals surface area contributed by atoms with Crippen molar-refractivity contribution in [1.29, 1.82) is 0 Å². The first-order chi connectivity index (χ1) is 7.29. The van der Waals surface area contributed by atoms with Crippen LogP contribution in [0.4, 0.5) is 0 Å². The highest BCUT2D eigenvalue weighted by molar-refractivity contribution is 7.84. The van der Waals surface area contributed by atoms with E-state index < -0.39 is 11.0 Å². The second-order valence-corrected chi connectivity index (χ2v) is 8.06. The van der Waals surface area contributed by atoms with Crippen LogP contribution in [0.15, 0.2) is 12.7 Å². The van der Waals surface area contributed by atoms with Crippen LogP contribution in [-0.4, -0.2) is 25.3 Å². The summed E-state index contributed by atoms with van der Waals surface area (Å²) in [6.07, 6.45) is 4.18. The molecule has 0 aliphatic carbocycles. The maximum absolute atomic E-state index is 12.5. The quantitative estimate of drug-likeness (QED) is 0.697. The third kappa shape index (κ3) is 2.75. The predicted molar refractivity (Wildman–Crippen MR) is 71.6 cm³/mol. The van der Waals surface area contributed by atoms with Gasteiger partial charge in [0.05, 0.1) is 4.75 Å². The molecule has 94 valence electrons. The molecular weight excluding hydrogens is 218 g/mol. The van der Waals surface area contributed by atoms with Crippen molar-refractivity contribution in [3.63, 3.8) is 0 Å². The first kappa shape index (κ1) is 13.9. The van der Waals surface area contributed by atoms with Crippen LogP contribution in [0, 0.1) is 5.92 Å². The fourth-order valence-electron chi connectivity index (χ4n) is 2.25. The number of hydrogen-bond acceptors (Lipinski definition) is 1. The van der Waals surface area contributed by atoms with Gasteiger partial charge in [-0.2, -0.15) is 0 Å². The van der Waals surface area contributed by atoms with Crippen molar-refractivity contribution in [3.05, 3.63) is 12.7 Å². The van der Waals surface area contributed by atoms with E-state index in [4.69, 9.17) is 0 Å². The zero-order valence-electron chi connectivity index (χ0n) is 11.2. The van der Waals surface area contributed by atoms with E-state index in [1.807, 2.05) is 26.8 Å². The lowest BCUT2D eigenvalue weighted by Gasteiger charge is -2.34. The van der Waals surface area contributed by atoms with E-state index in [0.29, 0.717) is 12.0 Å². The van der Waals surface area contributed by atoms with Crippen molar-refractivity contribution in [2.45, 2.75) is 64.3 Å². The summed E-state index contributed by atoms with van der Waals surface area (Å²) in [5.74, 6) is 0.552. The number of hydrogen-bond donors (Lipinski definition) is 0. The smallest absolute Gasteiger partial charge is 0.101 e. The molecule has 16 heavy (non-hydrogen) atoms. The molecule has 0 unspecified atom stereocenters. The second-order valence-electron chi connectivity index (χ2n) is 5.91. The maximum Gasteiger partial charge on any atom is 0.101 e. The van der Waals surface area contributed by atoms with Crippen molar-refractivity contribution < 1.29 is 4.21 Å². The zero-order chi connectivity index (χ0) is 12.5. The Morgan fingerprint density at radius 1 is 1.38 bits per heavy atom. The standard InChI is InChI=1S/C13H25NOS/c1-7-11-8-9-12(10(2)3)14(11)16(15)13(4,5)6/h7,10-12H,1,8-9H2,2-6H3/t11-,12-,16-/m1/s1. The topological polar surface area (TPSA) is 20.3 Å². The highest BCUT2D eigenvalue weighted by Crippen LogP contribution is 2.34. The zero-order valence-corrected chi connectivity index (χ0v) is 12.0. The highest BCUT2D eigenvalue weighted by atomic mass is 32.2. The maximum atomic E-state index is 12.5. The molecule has 1 rings (SSSR count). The Labute approximate surface area is 103 Å². The molecule has 0 radical (unpaired) electrons. The first-order valence-electron chi connectivity index (χ1n) is 6.12. The van der Waals surface area contributed by atoms with Gasteiger partial charge in [-0.05, 0) is 39.5 Å². The molecule has 0 aromatic carbocycles. The van der Waals surface area contributed by atoms with Crippen molar-refractivity contribution >= 4 is 11.0 Å². The molecule has 0 saturated carbocycles. The van der Waals surface area contributed by atoms with Gasteiger partial charge in [-0.25, -0.2) is 8.51 Å². The molecule has 0 N–H and O–H groups in total. The first-order valence-corrected chi connectivity index (χ1v) is 7.22. The van der Waals surface area contributed by atoms with Gasteiger partial charge < -0.3 is 0 Å². The third-order valence-corrected chi connectivity index (χ3v) is 5.14. The summed E-state index contributed by atoms with van der Waals surface area (Å²) in [7, 11) is -0.931. The van der Waals surface area contributed by atoms with Gasteiger partial charge in [0.2, 0.25) is 0 Å². The molecular formula is C13H25NOS. The monoisotopic (exact) mass is 243 g/mol. The molecule has 3 heteroatoms. The Bertz CT molecular complexity index is 280. The molecule has 2 nitrogen and oxygen atoms in total. The molecule has 0 aromatic heterocycles. The van der Waals surface area contributed by atoms with Crippen LogP contribution in [0.5, 0.6) is 0 Å². The van der Waals surface area contributed by atoms with Crippen LogP contribution in [0.2, 0.25) is 0 Å². The molecule has 0 spiro atoms. The SMILES string of the molecule is C=C[C@@H]1CC[C@H](C(C)C)N1[S@](=O)C(C)(C)C. The highest BCUT2D eigenvalue weighted by Gasteiger charge is 2.40. The minimum Gasteiger partial charge on any atom is -0.242 e. The van der Waals surface area contributed by atoms with E-state index in [2.05, 4.69) is 24.7 Å². The largest absolute Gasteiger partial charge is 0.242 e. The lowest BCUT2D eigenvalue weighted by molar-refractivity contribution is 0.301. The summed E-state index contributed by atoms with van der Waals surface area (Å²) in [5.41, 5.74) is 0. The Morgan fingerprint density at radius 3 is 2.31 bits per heavy atom. The average Bonchev–Trinajstić information content (AvgIpc) is 2.57. The Morgan fingerprint density at radius 2 is 1.94 bits per heavy atom. The fourth-order valence-corrected chi connectivity index (χ4v) is 3.92. The van der Waals surface area contributed by atoms with Crippen LogP contribution >= 0.6 is 0 Å². The van der Waals surface area contributed by atoms with E-state index in [1.165, 1.54) is 0 Å². The fraction of sp³-hybridized carbons (Fsp3) is 0.846. The molecule has 3 atom stereocenters. The Balaban J connectivity index is 2.94. The number of nitrogens with zero attached hydrogens (tertiary/aromatic N) is 1. The van der Waals surface area contributed by atoms with Gasteiger partial charge in [0, 0.05) is 12.1 Å². The van der Waals surface area contributed by atoms with Crippen LogP contribution < -0.4 is 0 Å². The summed E-state index contributed by atoms with van der Waals surface area (Å²) >= 11 is 0. The van der Waals surface area contributed by atoms with Crippen LogP contribution in [0.3, 0.4) is 0 Å². The molecule has 1 aliphatic rings. The van der Waals surface area contributed by atoms with Crippen LogP contribution in [0.1, 0.15) is 47.5 Å². The van der Waals surface area contributed by atoms with Gasteiger partial charge in [-0.15, -0.1) is 6.58 Å². The van der Waals surface area contributed by atoms with Crippen LogP contribution in [-0.2, 0) is 11.0 Å². The third-order valence-electron chi connectivity index (χ3n) is 3.17. The Kier molecular flexibility index (Phi) is 4.35. The minimum absolute atomic E-state index is 0.182. The van der Waals surface area contributed by atoms with Gasteiger partial charge in [0.1, 0.15) is 11.0 Å². The lowest BCUT2D eigenvalue weighted by atomic mass is 10.0. The summed E-state index contributed by atoms with van der Waals surface area (Å²) in [6.45, 7) is 14.4. The van der Waals surface area contributed by atoms with Gasteiger partial charge in [-0.3, -0.25) is 0 Å². The Hall–Kier alpha value is -0.150. The summed E-state index contributed by atoms with van der Waals surface area (Å²) < 4.78 is 14.5. The summed E-state index contributed by atoms with van der Waals surface area (Å²) in [5, 5.41) is 0. The number of rotatable bonds is 3. The van der Waals surface area contributed by atoms with Gasteiger partial charge in [-0.1, -0.05) is 19.9 Å². The van der Waals surface area contributed by atoms with Gasteiger partial charge in [0.25, 0.3) is 0 Å². The van der Waals surface area contributed by atoms with Gasteiger partial charge in [0.15, 0.2) is 0 Å². The van der Waals surface area contributed by atoms with Crippen molar-refractivity contribution in [2.24, 2.45) is 5.92 Å². The molecule has 1 fully saturated rings. The molecule has 1 aliphatic heterocycles. The summed E-state index contributed by atoms with van der Waals surface area (Å²) in [4.78, 5) is 0. The minimum atomic E-state index is -0.931. The van der Waals surface area contributed by atoms with Crippen molar-refractivity contribution in [1.82, 2.24) is 4.31 Å². The van der Waals surface area contributed by atoms with E-state index >= 15 is 0 Å². The van der Waals surface area contributed by atoms with Gasteiger partial charge >= 0.3 is 0 Å². The molecule has 1 heterocycles. The van der Waals surface area contributed by atoms with E-state index in [9.17, 15) is 4.21 Å². The van der Waals surface area contributed by atoms with E-state index in [0.717, 1.165) is 12.8 Å². The molecule has 1 saturated heterocycles. The van der Waals surface area contributed by atoms with E-state index in [-0.39, 0.29) is 10.8 Å². The molecule has 0 aromatic rings. The van der Waals surface area contributed by atoms with E-state index in [1.54, 1.807) is 0 Å². The van der Waals surface area contributed by atoms with Crippen molar-refractivity contribution in [3.8, 4) is 0 Å². The van der Waals surface area contributed by atoms with Crippen molar-refractivity contribution in [2.75, 3.05) is 0 Å².